The van der Waals surface area contributed by atoms with E-state index < -0.39 is 0 Å². The molecule has 0 aliphatic heterocycles. The summed E-state index contributed by atoms with van der Waals surface area (Å²) in [4.78, 5) is 4.00. The van der Waals surface area contributed by atoms with Crippen LogP contribution in [0.3, 0.4) is 0 Å². The number of aromatic nitrogens is 1. The van der Waals surface area contributed by atoms with Crippen molar-refractivity contribution in [1.82, 2.24) is 4.98 Å². The van der Waals surface area contributed by atoms with E-state index in [1.165, 1.54) is 0 Å². The number of hydrogen-bond donors (Lipinski definition) is 2. The first-order valence-electron chi connectivity index (χ1n) is 5.93. The predicted octanol–water partition coefficient (Wildman–Crippen LogP) is 1.37. The number of nitrogens with two attached hydrogens (primary N) is 1. The van der Waals surface area contributed by atoms with Gasteiger partial charge in [0.15, 0.2) is 11.5 Å². The highest BCUT2D eigenvalue weighted by Gasteiger charge is 2.08. The van der Waals surface area contributed by atoms with Gasteiger partial charge in [0.2, 0.25) is 0 Å². The van der Waals surface area contributed by atoms with Crippen molar-refractivity contribution >= 4 is 5.84 Å². The molecule has 0 saturated heterocycles. The van der Waals surface area contributed by atoms with E-state index in [9.17, 15) is 0 Å². The van der Waals surface area contributed by atoms with E-state index in [2.05, 4.69) is 17.1 Å². The standard InChI is InChI=1S/C12H19N3O3/c1-2-3-7-17-8-9-18-10-5-4-6-14-11(10)12(13)15-16/h4-6,16H,2-3,7-9H2,1H3,(H2,13,15). The van der Waals surface area contributed by atoms with E-state index in [1.54, 1.807) is 18.3 Å². The Kier molecular flexibility index (Phi) is 6.56. The van der Waals surface area contributed by atoms with Gasteiger partial charge in [-0.1, -0.05) is 18.5 Å². The second kappa shape index (κ2) is 8.30. The van der Waals surface area contributed by atoms with Crippen LogP contribution in [-0.2, 0) is 4.74 Å². The van der Waals surface area contributed by atoms with Crippen LogP contribution in [0, 0.1) is 0 Å². The van der Waals surface area contributed by atoms with Gasteiger partial charge in [-0.25, -0.2) is 4.98 Å². The fraction of sp³-hybridized carbons (Fsp3) is 0.500. The third-order valence-corrected chi connectivity index (χ3v) is 2.25. The summed E-state index contributed by atoms with van der Waals surface area (Å²) in [5.74, 6) is 0.407. The summed E-state index contributed by atoms with van der Waals surface area (Å²) >= 11 is 0. The molecule has 3 N–H and O–H groups in total. The maximum absolute atomic E-state index is 8.62. The fourth-order valence-electron chi connectivity index (χ4n) is 1.31. The minimum absolute atomic E-state index is 0.0718. The van der Waals surface area contributed by atoms with E-state index in [0.717, 1.165) is 19.4 Å². The molecule has 0 spiro atoms. The maximum Gasteiger partial charge on any atom is 0.192 e. The van der Waals surface area contributed by atoms with Crippen LogP contribution < -0.4 is 10.5 Å². The highest BCUT2D eigenvalue weighted by Crippen LogP contribution is 2.14. The molecule has 0 fully saturated rings. The number of unbranched alkanes of at least 4 members (excludes halogenated alkanes) is 1. The van der Waals surface area contributed by atoms with Crippen molar-refractivity contribution in [3.63, 3.8) is 0 Å². The molecule has 1 aromatic rings. The van der Waals surface area contributed by atoms with Crippen LogP contribution in [-0.4, -0.2) is 35.8 Å². The predicted molar refractivity (Wildman–Crippen MR) is 68.0 cm³/mol. The van der Waals surface area contributed by atoms with Crippen LogP contribution in [0.1, 0.15) is 25.5 Å². The summed E-state index contributed by atoms with van der Waals surface area (Å²) in [6.07, 6.45) is 3.71. The molecule has 100 valence electrons. The Morgan fingerprint density at radius 2 is 2.28 bits per heavy atom. The molecular formula is C12H19N3O3. The second-order valence-electron chi connectivity index (χ2n) is 3.65. The van der Waals surface area contributed by atoms with Gasteiger partial charge in [-0.3, -0.25) is 0 Å². The summed E-state index contributed by atoms with van der Waals surface area (Å²) in [5, 5.41) is 11.5. The zero-order chi connectivity index (χ0) is 13.2. The van der Waals surface area contributed by atoms with Crippen LogP contribution in [0.25, 0.3) is 0 Å². The number of nitrogens with zero attached hydrogens (tertiary/aromatic N) is 2. The minimum Gasteiger partial charge on any atom is -0.489 e. The second-order valence-corrected chi connectivity index (χ2v) is 3.65. The van der Waals surface area contributed by atoms with E-state index >= 15 is 0 Å². The molecular weight excluding hydrogens is 234 g/mol. The van der Waals surface area contributed by atoms with E-state index in [0.29, 0.717) is 24.7 Å². The molecule has 0 amide bonds. The zero-order valence-electron chi connectivity index (χ0n) is 10.5. The molecule has 0 aromatic carbocycles. The Bertz CT molecular complexity index is 383. The normalized spacial score (nSPS) is 11.5. The van der Waals surface area contributed by atoms with Gasteiger partial charge in [0, 0.05) is 12.8 Å². The number of hydrogen-bond acceptors (Lipinski definition) is 5. The average molecular weight is 253 g/mol. The zero-order valence-corrected chi connectivity index (χ0v) is 10.5. The lowest BCUT2D eigenvalue weighted by Gasteiger charge is -2.09. The SMILES string of the molecule is CCCCOCCOc1cccnc1/C(N)=N/O. The first-order chi connectivity index (χ1) is 8.79. The van der Waals surface area contributed by atoms with Crippen LogP contribution in [0.2, 0.25) is 0 Å². The molecule has 18 heavy (non-hydrogen) atoms. The number of amidine groups is 1. The van der Waals surface area contributed by atoms with Crippen LogP contribution in [0.4, 0.5) is 0 Å². The van der Waals surface area contributed by atoms with Gasteiger partial charge in [-0.2, -0.15) is 0 Å². The third kappa shape index (κ3) is 4.58. The Hall–Kier alpha value is -1.82. The molecule has 6 heteroatoms. The molecule has 6 nitrogen and oxygen atoms in total. The number of ether oxygens (including phenoxy) is 2. The number of rotatable bonds is 8. The smallest absolute Gasteiger partial charge is 0.192 e. The first-order valence-corrected chi connectivity index (χ1v) is 5.93. The van der Waals surface area contributed by atoms with Crippen molar-refractivity contribution in [3.05, 3.63) is 24.0 Å². The quantitative estimate of drug-likeness (QED) is 0.240. The third-order valence-electron chi connectivity index (χ3n) is 2.25. The van der Waals surface area contributed by atoms with Gasteiger partial charge >= 0.3 is 0 Å². The fourth-order valence-corrected chi connectivity index (χ4v) is 1.31. The first kappa shape index (κ1) is 14.2. The van der Waals surface area contributed by atoms with Crippen LogP contribution in [0.5, 0.6) is 5.75 Å². The lowest BCUT2D eigenvalue weighted by molar-refractivity contribution is 0.0978. The maximum atomic E-state index is 8.62. The van der Waals surface area contributed by atoms with E-state index in [1.807, 2.05) is 0 Å². The molecule has 0 saturated carbocycles. The van der Waals surface area contributed by atoms with Crippen molar-refractivity contribution in [1.29, 1.82) is 0 Å². The molecule has 0 atom stereocenters. The van der Waals surface area contributed by atoms with Crippen molar-refractivity contribution in [3.8, 4) is 5.75 Å². The Labute approximate surface area is 106 Å². The average Bonchev–Trinajstić information content (AvgIpc) is 2.42. The number of pyridine rings is 1. The van der Waals surface area contributed by atoms with Crippen molar-refractivity contribution in [2.75, 3.05) is 19.8 Å². The summed E-state index contributed by atoms with van der Waals surface area (Å²) in [7, 11) is 0. The minimum atomic E-state index is -0.0718. The summed E-state index contributed by atoms with van der Waals surface area (Å²) in [6.45, 7) is 3.75. The molecule has 0 radical (unpaired) electrons. The molecule has 0 bridgehead atoms. The summed E-state index contributed by atoms with van der Waals surface area (Å²) < 4.78 is 10.8. The van der Waals surface area contributed by atoms with Gasteiger partial charge in [0.05, 0.1) is 6.61 Å². The molecule has 1 aromatic heterocycles. The van der Waals surface area contributed by atoms with Gasteiger partial charge in [-0.05, 0) is 18.6 Å². The Morgan fingerprint density at radius 3 is 3.00 bits per heavy atom. The van der Waals surface area contributed by atoms with Gasteiger partial charge in [-0.15, -0.1) is 0 Å². The summed E-state index contributed by atoms with van der Waals surface area (Å²) in [5.41, 5.74) is 5.82. The van der Waals surface area contributed by atoms with Crippen LogP contribution >= 0.6 is 0 Å². The molecule has 0 aliphatic rings. The molecule has 1 heterocycles. The van der Waals surface area contributed by atoms with Gasteiger partial charge < -0.3 is 20.4 Å². The van der Waals surface area contributed by atoms with Gasteiger partial charge in [0.1, 0.15) is 12.4 Å². The van der Waals surface area contributed by atoms with Gasteiger partial charge in [0.25, 0.3) is 0 Å². The van der Waals surface area contributed by atoms with Crippen molar-refractivity contribution < 1.29 is 14.7 Å². The monoisotopic (exact) mass is 253 g/mol. The molecule has 0 aliphatic carbocycles. The van der Waals surface area contributed by atoms with Crippen molar-refractivity contribution in [2.24, 2.45) is 10.9 Å². The molecule has 0 unspecified atom stereocenters. The number of oxime groups is 1. The van der Waals surface area contributed by atoms with E-state index in [4.69, 9.17) is 20.4 Å². The Morgan fingerprint density at radius 1 is 1.44 bits per heavy atom. The van der Waals surface area contributed by atoms with Crippen LogP contribution in [0.15, 0.2) is 23.5 Å². The summed E-state index contributed by atoms with van der Waals surface area (Å²) in [6, 6.07) is 3.44. The lowest BCUT2D eigenvalue weighted by Crippen LogP contribution is -2.17. The topological polar surface area (TPSA) is 90.0 Å². The lowest BCUT2D eigenvalue weighted by atomic mass is 10.3. The highest BCUT2D eigenvalue weighted by atomic mass is 16.5. The van der Waals surface area contributed by atoms with Crippen molar-refractivity contribution in [2.45, 2.75) is 19.8 Å². The largest absolute Gasteiger partial charge is 0.489 e. The highest BCUT2D eigenvalue weighted by molar-refractivity contribution is 5.97. The molecule has 1 rings (SSSR count). The van der Waals surface area contributed by atoms with E-state index in [-0.39, 0.29) is 5.84 Å². The Balaban J connectivity index is 2.42.